The van der Waals surface area contributed by atoms with Crippen LogP contribution in [0, 0.1) is 5.92 Å². The zero-order valence-electron chi connectivity index (χ0n) is 14.6. The van der Waals surface area contributed by atoms with Gasteiger partial charge in [-0.1, -0.05) is 30.3 Å². The molecule has 0 unspecified atom stereocenters. The van der Waals surface area contributed by atoms with Crippen molar-refractivity contribution in [3.05, 3.63) is 35.9 Å². The second-order valence-corrected chi connectivity index (χ2v) is 9.04. The van der Waals surface area contributed by atoms with Crippen molar-refractivity contribution in [1.29, 1.82) is 0 Å². The van der Waals surface area contributed by atoms with E-state index in [1.54, 1.807) is 8.61 Å². The smallest absolute Gasteiger partial charge is 0.282 e. The maximum atomic E-state index is 12.9. The van der Waals surface area contributed by atoms with Crippen LogP contribution in [0.3, 0.4) is 0 Å². The fourth-order valence-electron chi connectivity index (χ4n) is 3.77. The van der Waals surface area contributed by atoms with Gasteiger partial charge in [0.2, 0.25) is 0 Å². The lowest BCUT2D eigenvalue weighted by molar-refractivity contribution is -0.0456. The van der Waals surface area contributed by atoms with Crippen LogP contribution in [0.1, 0.15) is 32.3 Å². The number of benzene rings is 1. The summed E-state index contributed by atoms with van der Waals surface area (Å²) in [6.45, 7) is 6.03. The molecule has 1 aromatic carbocycles. The van der Waals surface area contributed by atoms with E-state index in [4.69, 9.17) is 4.74 Å². The van der Waals surface area contributed by atoms with Crippen LogP contribution >= 0.6 is 0 Å². The van der Waals surface area contributed by atoms with Crippen LogP contribution < -0.4 is 0 Å². The van der Waals surface area contributed by atoms with Crippen molar-refractivity contribution in [3.63, 3.8) is 0 Å². The van der Waals surface area contributed by atoms with Crippen LogP contribution in [0.4, 0.5) is 0 Å². The molecule has 0 radical (unpaired) electrons. The largest absolute Gasteiger partial charge is 0.373 e. The van der Waals surface area contributed by atoms with E-state index in [2.05, 4.69) is 24.3 Å². The minimum Gasteiger partial charge on any atom is -0.373 e. The standard InChI is InChI=1S/C18H28N2O3S/c1-15-13-20(14-16(2)23-15)24(21,22)19-10-8-18(9-11-19)12-17-6-4-3-5-7-17/h3-7,15-16,18H,8-14H2,1-2H3/t15-,16-/m0/s1. The molecule has 0 amide bonds. The lowest BCUT2D eigenvalue weighted by Gasteiger charge is -2.39. The number of ether oxygens (including phenoxy) is 1. The van der Waals surface area contributed by atoms with E-state index >= 15 is 0 Å². The average Bonchev–Trinajstić information content (AvgIpc) is 2.55. The number of piperidine rings is 1. The first kappa shape index (κ1) is 17.9. The van der Waals surface area contributed by atoms with Crippen molar-refractivity contribution >= 4 is 10.2 Å². The molecule has 3 rings (SSSR count). The molecule has 24 heavy (non-hydrogen) atoms. The second-order valence-electron chi connectivity index (χ2n) is 7.11. The van der Waals surface area contributed by atoms with Gasteiger partial charge in [-0.15, -0.1) is 0 Å². The highest BCUT2D eigenvalue weighted by atomic mass is 32.2. The van der Waals surface area contributed by atoms with Gasteiger partial charge in [-0.3, -0.25) is 0 Å². The predicted molar refractivity (Wildman–Crippen MR) is 94.9 cm³/mol. The van der Waals surface area contributed by atoms with Crippen LogP contribution in [0.5, 0.6) is 0 Å². The van der Waals surface area contributed by atoms with Crippen molar-refractivity contribution in [3.8, 4) is 0 Å². The van der Waals surface area contributed by atoms with Gasteiger partial charge in [-0.05, 0) is 44.6 Å². The van der Waals surface area contributed by atoms with E-state index in [-0.39, 0.29) is 12.2 Å². The zero-order valence-corrected chi connectivity index (χ0v) is 15.4. The van der Waals surface area contributed by atoms with E-state index in [0.29, 0.717) is 32.1 Å². The lowest BCUT2D eigenvalue weighted by Crippen LogP contribution is -2.54. The van der Waals surface area contributed by atoms with E-state index in [0.717, 1.165) is 19.3 Å². The summed E-state index contributed by atoms with van der Waals surface area (Å²) >= 11 is 0. The molecule has 0 spiro atoms. The molecule has 2 fully saturated rings. The first-order chi connectivity index (χ1) is 11.4. The van der Waals surface area contributed by atoms with Gasteiger partial charge in [-0.25, -0.2) is 0 Å². The molecule has 5 nitrogen and oxygen atoms in total. The Balaban J connectivity index is 1.57. The van der Waals surface area contributed by atoms with Gasteiger partial charge < -0.3 is 4.74 Å². The summed E-state index contributed by atoms with van der Waals surface area (Å²) in [5.74, 6) is 0.571. The topological polar surface area (TPSA) is 49.9 Å². The summed E-state index contributed by atoms with van der Waals surface area (Å²) in [6.07, 6.45) is 2.83. The van der Waals surface area contributed by atoms with E-state index in [1.165, 1.54) is 5.56 Å². The van der Waals surface area contributed by atoms with Crippen molar-refractivity contribution in [2.24, 2.45) is 5.92 Å². The summed E-state index contributed by atoms with van der Waals surface area (Å²) in [7, 11) is -3.36. The van der Waals surface area contributed by atoms with Gasteiger partial charge in [0.25, 0.3) is 10.2 Å². The van der Waals surface area contributed by atoms with Gasteiger partial charge >= 0.3 is 0 Å². The summed E-state index contributed by atoms with van der Waals surface area (Å²) in [5, 5.41) is 0. The monoisotopic (exact) mass is 352 g/mol. The molecule has 2 heterocycles. The van der Waals surface area contributed by atoms with Crippen LogP contribution in [0.15, 0.2) is 30.3 Å². The highest BCUT2D eigenvalue weighted by Gasteiger charge is 2.36. The summed E-state index contributed by atoms with van der Waals surface area (Å²) in [6, 6.07) is 10.5. The Kier molecular flexibility index (Phi) is 5.59. The van der Waals surface area contributed by atoms with Gasteiger partial charge in [0.1, 0.15) is 0 Å². The maximum absolute atomic E-state index is 12.9. The summed E-state index contributed by atoms with van der Waals surface area (Å²) in [4.78, 5) is 0. The molecule has 2 aliphatic rings. The third-order valence-corrected chi connectivity index (χ3v) is 6.95. The fraction of sp³-hybridized carbons (Fsp3) is 0.667. The molecule has 2 atom stereocenters. The number of nitrogens with zero attached hydrogens (tertiary/aromatic N) is 2. The zero-order chi connectivity index (χ0) is 17.2. The molecule has 0 aromatic heterocycles. The van der Waals surface area contributed by atoms with Crippen molar-refractivity contribution in [1.82, 2.24) is 8.61 Å². The SMILES string of the molecule is C[C@H]1CN(S(=O)(=O)N2CCC(Cc3ccccc3)CC2)C[C@H](C)O1. The Morgan fingerprint density at radius 1 is 1.00 bits per heavy atom. The lowest BCUT2D eigenvalue weighted by atomic mass is 9.91. The molecular formula is C18H28N2O3S. The van der Waals surface area contributed by atoms with Gasteiger partial charge in [0.15, 0.2) is 0 Å². The minimum atomic E-state index is -3.36. The summed E-state index contributed by atoms with van der Waals surface area (Å²) < 4.78 is 34.7. The van der Waals surface area contributed by atoms with Crippen molar-refractivity contribution in [2.75, 3.05) is 26.2 Å². The second kappa shape index (κ2) is 7.52. The maximum Gasteiger partial charge on any atom is 0.282 e. The highest BCUT2D eigenvalue weighted by molar-refractivity contribution is 7.86. The van der Waals surface area contributed by atoms with E-state index < -0.39 is 10.2 Å². The molecule has 0 saturated carbocycles. The number of hydrogen-bond acceptors (Lipinski definition) is 3. The molecular weight excluding hydrogens is 324 g/mol. The van der Waals surface area contributed by atoms with Gasteiger partial charge in [-0.2, -0.15) is 17.0 Å². The number of morpholine rings is 1. The molecule has 0 N–H and O–H groups in total. The van der Waals surface area contributed by atoms with Gasteiger partial charge in [0, 0.05) is 26.2 Å². The third-order valence-electron chi connectivity index (χ3n) is 4.98. The Labute approximate surface area is 145 Å². The molecule has 134 valence electrons. The van der Waals surface area contributed by atoms with Crippen LogP contribution in [0.25, 0.3) is 0 Å². The minimum absolute atomic E-state index is 0.0425. The predicted octanol–water partition coefficient (Wildman–Crippen LogP) is 2.30. The molecule has 0 bridgehead atoms. The third kappa shape index (κ3) is 4.17. The Hall–Kier alpha value is -0.950. The molecule has 0 aliphatic carbocycles. The molecule has 2 aliphatic heterocycles. The van der Waals surface area contributed by atoms with Crippen LogP contribution in [0.2, 0.25) is 0 Å². The van der Waals surface area contributed by atoms with Crippen molar-refractivity contribution < 1.29 is 13.2 Å². The molecule has 6 heteroatoms. The highest BCUT2D eigenvalue weighted by Crippen LogP contribution is 2.26. The fourth-order valence-corrected chi connectivity index (χ4v) is 5.57. The average molecular weight is 353 g/mol. The number of hydrogen-bond donors (Lipinski definition) is 0. The van der Waals surface area contributed by atoms with Crippen molar-refractivity contribution in [2.45, 2.75) is 45.3 Å². The molecule has 2 saturated heterocycles. The first-order valence-corrected chi connectivity index (χ1v) is 10.3. The Morgan fingerprint density at radius 3 is 2.17 bits per heavy atom. The van der Waals surface area contributed by atoms with Crippen LogP contribution in [-0.2, 0) is 21.4 Å². The first-order valence-electron chi connectivity index (χ1n) is 8.89. The Bertz CT molecular complexity index is 617. The van der Waals surface area contributed by atoms with E-state index in [1.807, 2.05) is 19.9 Å². The van der Waals surface area contributed by atoms with Crippen LogP contribution in [-0.4, -0.2) is 55.4 Å². The normalized spacial score (nSPS) is 28.1. The van der Waals surface area contributed by atoms with Gasteiger partial charge in [0.05, 0.1) is 12.2 Å². The number of rotatable bonds is 4. The van der Waals surface area contributed by atoms with E-state index in [9.17, 15) is 8.42 Å². The molecule has 1 aromatic rings. The Morgan fingerprint density at radius 2 is 1.58 bits per heavy atom. The quantitative estimate of drug-likeness (QED) is 0.835. The summed E-state index contributed by atoms with van der Waals surface area (Å²) in [5.41, 5.74) is 1.34.